The minimum atomic E-state index is -0.997. The number of nitrogens with zero attached hydrogens (tertiary/aromatic N) is 2. The zero-order valence-corrected chi connectivity index (χ0v) is 14.4. The van der Waals surface area contributed by atoms with Gasteiger partial charge in [-0.2, -0.15) is 0 Å². The number of carboxylic acids is 1. The van der Waals surface area contributed by atoms with Gasteiger partial charge in [0.15, 0.2) is 4.96 Å². The second-order valence-electron chi connectivity index (χ2n) is 4.93. The fourth-order valence-corrected chi connectivity index (χ4v) is 3.54. The Labute approximate surface area is 150 Å². The van der Waals surface area contributed by atoms with Crippen LogP contribution >= 0.6 is 34.5 Å². The van der Waals surface area contributed by atoms with Crippen molar-refractivity contribution < 1.29 is 9.90 Å². The standard InChI is InChI=1S/C16H10Cl2N2O3S/c17-10-3-1-9(13(18)5-10)2-4-11-6-14(21)20-12(7-15(22)23)8-24-16(20)19-11/h1-6,8H,7H2,(H,22,23). The fourth-order valence-electron chi connectivity index (χ4n) is 2.17. The van der Waals surface area contributed by atoms with Gasteiger partial charge in [0.1, 0.15) is 0 Å². The van der Waals surface area contributed by atoms with E-state index in [2.05, 4.69) is 4.98 Å². The van der Waals surface area contributed by atoms with Gasteiger partial charge < -0.3 is 5.11 Å². The van der Waals surface area contributed by atoms with Crippen LogP contribution in [-0.2, 0) is 11.2 Å². The highest BCUT2D eigenvalue weighted by molar-refractivity contribution is 7.15. The van der Waals surface area contributed by atoms with Crippen molar-refractivity contribution in [1.82, 2.24) is 9.38 Å². The molecule has 1 aromatic carbocycles. The first-order valence-corrected chi connectivity index (χ1v) is 8.43. The summed E-state index contributed by atoms with van der Waals surface area (Å²) in [5, 5.41) is 11.5. The molecule has 0 amide bonds. The van der Waals surface area contributed by atoms with Gasteiger partial charge in [-0.05, 0) is 23.8 Å². The molecule has 0 atom stereocenters. The lowest BCUT2D eigenvalue weighted by molar-refractivity contribution is -0.136. The van der Waals surface area contributed by atoms with E-state index in [1.165, 1.54) is 21.8 Å². The number of fused-ring (bicyclic) bond motifs is 1. The summed E-state index contributed by atoms with van der Waals surface area (Å²) in [7, 11) is 0. The summed E-state index contributed by atoms with van der Waals surface area (Å²) in [6, 6.07) is 6.47. The Bertz CT molecular complexity index is 1020. The molecule has 2 aromatic heterocycles. The third kappa shape index (κ3) is 3.51. The number of carbonyl (C=O) groups is 1. The second-order valence-corrected chi connectivity index (χ2v) is 6.61. The summed E-state index contributed by atoms with van der Waals surface area (Å²) in [6.45, 7) is 0. The number of carboxylic acid groups (broad SMARTS) is 1. The maximum absolute atomic E-state index is 12.2. The molecular weight excluding hydrogens is 371 g/mol. The first-order chi connectivity index (χ1) is 11.4. The van der Waals surface area contributed by atoms with Crippen LogP contribution in [0.1, 0.15) is 17.0 Å². The van der Waals surface area contributed by atoms with Gasteiger partial charge >= 0.3 is 5.97 Å². The van der Waals surface area contributed by atoms with Gasteiger partial charge in [-0.15, -0.1) is 11.3 Å². The summed E-state index contributed by atoms with van der Waals surface area (Å²) in [5.41, 5.74) is 1.31. The van der Waals surface area contributed by atoms with Gasteiger partial charge in [-0.3, -0.25) is 14.0 Å². The normalized spacial score (nSPS) is 11.4. The highest BCUT2D eigenvalue weighted by atomic mass is 35.5. The van der Waals surface area contributed by atoms with E-state index in [9.17, 15) is 9.59 Å². The number of aliphatic carboxylic acids is 1. The lowest BCUT2D eigenvalue weighted by Crippen LogP contribution is -2.17. The number of benzene rings is 1. The monoisotopic (exact) mass is 380 g/mol. The minimum absolute atomic E-state index is 0.225. The number of hydrogen-bond donors (Lipinski definition) is 1. The van der Waals surface area contributed by atoms with Crippen molar-refractivity contribution in [2.45, 2.75) is 6.42 Å². The zero-order chi connectivity index (χ0) is 17.3. The van der Waals surface area contributed by atoms with Gasteiger partial charge in [0, 0.05) is 27.2 Å². The Morgan fingerprint density at radius 1 is 1.29 bits per heavy atom. The van der Waals surface area contributed by atoms with Crippen molar-refractivity contribution in [3.8, 4) is 0 Å². The number of aromatic nitrogens is 2. The third-order valence-electron chi connectivity index (χ3n) is 3.22. The SMILES string of the molecule is O=C(O)Cc1csc2nc(C=Cc3ccc(Cl)cc3Cl)cc(=O)n12. The maximum atomic E-state index is 12.2. The van der Waals surface area contributed by atoms with Gasteiger partial charge in [-0.25, -0.2) is 4.98 Å². The summed E-state index contributed by atoms with van der Waals surface area (Å²) in [5.74, 6) is -0.997. The van der Waals surface area contributed by atoms with E-state index in [-0.39, 0.29) is 12.0 Å². The van der Waals surface area contributed by atoms with Crippen molar-refractivity contribution in [3.63, 3.8) is 0 Å². The largest absolute Gasteiger partial charge is 0.481 e. The molecule has 0 aliphatic rings. The molecule has 0 aliphatic heterocycles. The van der Waals surface area contributed by atoms with Crippen molar-refractivity contribution >= 4 is 57.6 Å². The molecule has 0 unspecified atom stereocenters. The first-order valence-electron chi connectivity index (χ1n) is 6.79. The van der Waals surface area contributed by atoms with Crippen LogP contribution in [0.2, 0.25) is 10.0 Å². The number of hydrogen-bond acceptors (Lipinski definition) is 4. The summed E-state index contributed by atoms with van der Waals surface area (Å²) in [4.78, 5) is 27.9. The molecule has 2 heterocycles. The van der Waals surface area contributed by atoms with Crippen LogP contribution in [0.3, 0.4) is 0 Å². The Morgan fingerprint density at radius 3 is 2.79 bits per heavy atom. The molecule has 0 radical (unpaired) electrons. The van der Waals surface area contributed by atoms with E-state index in [1.54, 1.807) is 35.7 Å². The average molecular weight is 381 g/mol. The van der Waals surface area contributed by atoms with Crippen LogP contribution in [-0.4, -0.2) is 20.5 Å². The molecule has 0 saturated heterocycles. The molecule has 0 spiro atoms. The molecule has 122 valence electrons. The highest BCUT2D eigenvalue weighted by Crippen LogP contribution is 2.22. The van der Waals surface area contributed by atoms with Crippen molar-refractivity contribution in [2.75, 3.05) is 0 Å². The molecule has 0 fully saturated rings. The Morgan fingerprint density at radius 2 is 2.08 bits per heavy atom. The average Bonchev–Trinajstić information content (AvgIpc) is 2.89. The molecule has 1 N–H and O–H groups in total. The molecule has 0 saturated carbocycles. The van der Waals surface area contributed by atoms with Crippen LogP contribution < -0.4 is 5.56 Å². The van der Waals surface area contributed by atoms with Crippen molar-refractivity contribution in [3.05, 3.63) is 67.0 Å². The van der Waals surface area contributed by atoms with Gasteiger partial charge in [0.25, 0.3) is 5.56 Å². The molecule has 5 nitrogen and oxygen atoms in total. The van der Waals surface area contributed by atoms with E-state index in [4.69, 9.17) is 28.3 Å². The zero-order valence-electron chi connectivity index (χ0n) is 12.1. The van der Waals surface area contributed by atoms with Crippen LogP contribution in [0.25, 0.3) is 17.1 Å². The predicted molar refractivity (Wildman–Crippen MR) is 96.1 cm³/mol. The molecule has 0 aliphatic carbocycles. The topological polar surface area (TPSA) is 71.7 Å². The van der Waals surface area contributed by atoms with E-state index < -0.39 is 5.97 Å². The fraction of sp³-hybridized carbons (Fsp3) is 0.0625. The van der Waals surface area contributed by atoms with Gasteiger partial charge in [0.05, 0.1) is 12.1 Å². The number of thiazole rings is 1. The predicted octanol–water partition coefficient (Wildman–Crippen LogP) is 3.86. The Hall–Kier alpha value is -2.15. The molecule has 3 rings (SSSR count). The summed E-state index contributed by atoms with van der Waals surface area (Å²) >= 11 is 13.2. The van der Waals surface area contributed by atoms with Crippen LogP contribution in [0.4, 0.5) is 0 Å². The van der Waals surface area contributed by atoms with Crippen LogP contribution in [0.5, 0.6) is 0 Å². The first kappa shape index (κ1) is 16.7. The second kappa shape index (κ2) is 6.76. The van der Waals surface area contributed by atoms with Gasteiger partial charge in [0.2, 0.25) is 0 Å². The molecule has 0 bridgehead atoms. The number of rotatable bonds is 4. The van der Waals surface area contributed by atoms with E-state index in [0.717, 1.165) is 5.56 Å². The highest BCUT2D eigenvalue weighted by Gasteiger charge is 2.11. The van der Waals surface area contributed by atoms with Crippen molar-refractivity contribution in [2.24, 2.45) is 0 Å². The van der Waals surface area contributed by atoms with Crippen LogP contribution in [0.15, 0.2) is 34.4 Å². The van der Waals surface area contributed by atoms with Crippen LogP contribution in [0, 0.1) is 0 Å². The van der Waals surface area contributed by atoms with Crippen molar-refractivity contribution in [1.29, 1.82) is 0 Å². The maximum Gasteiger partial charge on any atom is 0.309 e. The van der Waals surface area contributed by atoms with E-state index in [0.29, 0.717) is 26.4 Å². The lowest BCUT2D eigenvalue weighted by Gasteiger charge is -2.00. The van der Waals surface area contributed by atoms with E-state index >= 15 is 0 Å². The smallest absolute Gasteiger partial charge is 0.309 e. The van der Waals surface area contributed by atoms with Gasteiger partial charge in [-0.1, -0.05) is 35.3 Å². The Kier molecular flexibility index (Phi) is 4.71. The Balaban J connectivity index is 1.98. The third-order valence-corrected chi connectivity index (χ3v) is 4.66. The van der Waals surface area contributed by atoms with E-state index in [1.807, 2.05) is 0 Å². The molecule has 24 heavy (non-hydrogen) atoms. The quantitative estimate of drug-likeness (QED) is 0.745. The molecule has 8 heteroatoms. The number of halogens is 2. The summed E-state index contributed by atoms with van der Waals surface area (Å²) in [6.07, 6.45) is 3.19. The minimum Gasteiger partial charge on any atom is -0.481 e. The lowest BCUT2D eigenvalue weighted by atomic mass is 10.2. The summed E-state index contributed by atoms with van der Waals surface area (Å²) < 4.78 is 1.31. The molecule has 3 aromatic rings. The molecular formula is C16H10Cl2N2O3S.